The van der Waals surface area contributed by atoms with E-state index >= 15 is 0 Å². The Bertz CT molecular complexity index is 255. The average molecular weight is 259 g/mol. The van der Waals surface area contributed by atoms with Gasteiger partial charge in [-0.1, -0.05) is 40.5 Å². The van der Waals surface area contributed by atoms with Crippen molar-refractivity contribution in [2.24, 2.45) is 17.6 Å². The summed E-state index contributed by atoms with van der Waals surface area (Å²) in [6.07, 6.45) is 5.89. The Morgan fingerprint density at radius 3 is 2.47 bits per heavy atom. The summed E-state index contributed by atoms with van der Waals surface area (Å²) >= 11 is 0. The normalized spacial score (nSPS) is 33.6. The second-order valence-electron chi connectivity index (χ2n) is 5.95. The van der Waals surface area contributed by atoms with E-state index < -0.39 is 10.8 Å². The van der Waals surface area contributed by atoms with Gasteiger partial charge in [-0.15, -0.1) is 0 Å². The molecule has 1 aliphatic carbocycles. The van der Waals surface area contributed by atoms with E-state index in [-0.39, 0.29) is 16.5 Å². The topological polar surface area (TPSA) is 43.1 Å². The molecule has 0 saturated heterocycles. The van der Waals surface area contributed by atoms with E-state index in [2.05, 4.69) is 27.7 Å². The Hall–Kier alpha value is 0.110. The van der Waals surface area contributed by atoms with Crippen molar-refractivity contribution < 1.29 is 4.21 Å². The Balaban J connectivity index is 2.63. The molecule has 2 nitrogen and oxygen atoms in total. The number of rotatable bonds is 5. The molecule has 2 N–H and O–H groups in total. The van der Waals surface area contributed by atoms with E-state index in [0.717, 1.165) is 18.8 Å². The Morgan fingerprint density at radius 1 is 1.29 bits per heavy atom. The molecule has 3 heteroatoms. The highest BCUT2D eigenvalue weighted by Gasteiger charge is 2.34. The minimum Gasteiger partial charge on any atom is -0.327 e. The molecule has 102 valence electrons. The number of hydrogen-bond donors (Lipinski definition) is 1. The van der Waals surface area contributed by atoms with Crippen LogP contribution in [0, 0.1) is 11.8 Å². The van der Waals surface area contributed by atoms with Gasteiger partial charge in [-0.3, -0.25) is 4.21 Å². The third-order valence-corrected chi connectivity index (χ3v) is 6.67. The van der Waals surface area contributed by atoms with Crippen molar-refractivity contribution in [2.75, 3.05) is 0 Å². The fourth-order valence-corrected chi connectivity index (χ4v) is 4.75. The summed E-state index contributed by atoms with van der Waals surface area (Å²) in [7, 11) is -0.761. The van der Waals surface area contributed by atoms with Crippen LogP contribution < -0.4 is 5.73 Å². The van der Waals surface area contributed by atoms with E-state index in [1.165, 1.54) is 19.3 Å². The van der Waals surface area contributed by atoms with Crippen LogP contribution in [0.4, 0.5) is 0 Å². The van der Waals surface area contributed by atoms with E-state index in [4.69, 9.17) is 5.73 Å². The zero-order chi connectivity index (χ0) is 13.0. The highest BCUT2D eigenvalue weighted by Crippen LogP contribution is 2.31. The van der Waals surface area contributed by atoms with Crippen molar-refractivity contribution >= 4 is 10.8 Å². The van der Waals surface area contributed by atoms with Crippen molar-refractivity contribution in [3.05, 3.63) is 0 Å². The largest absolute Gasteiger partial charge is 0.327 e. The minimum atomic E-state index is -0.761. The highest BCUT2D eigenvalue weighted by atomic mass is 32.2. The van der Waals surface area contributed by atoms with Crippen molar-refractivity contribution in [3.8, 4) is 0 Å². The van der Waals surface area contributed by atoms with Gasteiger partial charge in [0.15, 0.2) is 0 Å². The molecule has 0 bridgehead atoms. The van der Waals surface area contributed by atoms with Crippen molar-refractivity contribution in [1.29, 1.82) is 0 Å². The first-order chi connectivity index (χ1) is 7.97. The summed E-state index contributed by atoms with van der Waals surface area (Å²) in [5, 5.41) is 0.504. The second kappa shape index (κ2) is 6.89. The summed E-state index contributed by atoms with van der Waals surface area (Å²) in [6.45, 7) is 8.65. The van der Waals surface area contributed by atoms with Crippen LogP contribution in [-0.4, -0.2) is 20.8 Å². The van der Waals surface area contributed by atoms with Gasteiger partial charge in [0.25, 0.3) is 0 Å². The van der Waals surface area contributed by atoms with Crippen LogP contribution in [0.3, 0.4) is 0 Å². The lowest BCUT2D eigenvalue weighted by atomic mass is 9.83. The molecule has 5 atom stereocenters. The minimum absolute atomic E-state index is 0.158. The van der Waals surface area contributed by atoms with Crippen LogP contribution >= 0.6 is 0 Å². The monoisotopic (exact) mass is 259 g/mol. The van der Waals surface area contributed by atoms with Crippen LogP contribution in [0.15, 0.2) is 0 Å². The summed E-state index contributed by atoms with van der Waals surface area (Å²) < 4.78 is 12.5. The van der Waals surface area contributed by atoms with Gasteiger partial charge in [-0.2, -0.15) is 0 Å². The first kappa shape index (κ1) is 15.2. The fraction of sp³-hybridized carbons (Fsp3) is 1.00. The summed E-state index contributed by atoms with van der Waals surface area (Å²) in [4.78, 5) is 0. The SMILES string of the molecule is CCCC1CCC(N)C(S(=O)C(C)C(C)C)C1. The summed E-state index contributed by atoms with van der Waals surface area (Å²) in [6, 6.07) is 0.158. The highest BCUT2D eigenvalue weighted by molar-refractivity contribution is 7.86. The molecule has 0 aromatic heterocycles. The Kier molecular flexibility index (Phi) is 6.14. The van der Waals surface area contributed by atoms with Crippen LogP contribution in [0.1, 0.15) is 59.8 Å². The molecule has 0 aromatic carbocycles. The smallest absolute Gasteiger partial charge is 0.0504 e. The molecule has 17 heavy (non-hydrogen) atoms. The predicted molar refractivity (Wildman–Crippen MR) is 76.5 cm³/mol. The van der Waals surface area contributed by atoms with E-state index in [1.807, 2.05) is 0 Å². The zero-order valence-corrected chi connectivity index (χ0v) is 12.6. The molecule has 0 spiro atoms. The van der Waals surface area contributed by atoms with E-state index in [9.17, 15) is 4.21 Å². The molecular weight excluding hydrogens is 230 g/mol. The molecule has 1 aliphatic rings. The van der Waals surface area contributed by atoms with Gasteiger partial charge in [-0.25, -0.2) is 0 Å². The number of hydrogen-bond acceptors (Lipinski definition) is 2. The lowest BCUT2D eigenvalue weighted by Crippen LogP contribution is -2.45. The van der Waals surface area contributed by atoms with Crippen LogP contribution in [0.5, 0.6) is 0 Å². The molecule has 0 aromatic rings. The van der Waals surface area contributed by atoms with Crippen LogP contribution in [-0.2, 0) is 10.8 Å². The van der Waals surface area contributed by atoms with E-state index in [0.29, 0.717) is 5.92 Å². The molecular formula is C14H29NOS. The standard InChI is InChI=1S/C14H29NOS/c1-5-6-12-7-8-13(15)14(9-12)17(16)11(4)10(2)3/h10-14H,5-9,15H2,1-4H3. The third-order valence-electron chi connectivity index (χ3n) is 4.25. The molecule has 0 aliphatic heterocycles. The first-order valence-electron chi connectivity index (χ1n) is 7.12. The third kappa shape index (κ3) is 4.06. The van der Waals surface area contributed by atoms with Crippen molar-refractivity contribution in [3.63, 3.8) is 0 Å². The quantitative estimate of drug-likeness (QED) is 0.824. The summed E-state index contributed by atoms with van der Waals surface area (Å²) in [5.74, 6) is 1.24. The maximum Gasteiger partial charge on any atom is 0.0504 e. The first-order valence-corrected chi connectivity index (χ1v) is 8.39. The second-order valence-corrected chi connectivity index (χ2v) is 7.95. The zero-order valence-electron chi connectivity index (χ0n) is 11.8. The van der Waals surface area contributed by atoms with E-state index in [1.54, 1.807) is 0 Å². The maximum absolute atomic E-state index is 12.5. The number of nitrogens with two attached hydrogens (primary N) is 1. The van der Waals surface area contributed by atoms with Gasteiger partial charge in [-0.05, 0) is 31.1 Å². The lowest BCUT2D eigenvalue weighted by molar-refractivity contribution is 0.312. The molecule has 0 heterocycles. The molecule has 0 radical (unpaired) electrons. The van der Waals surface area contributed by atoms with Gasteiger partial charge < -0.3 is 5.73 Å². The van der Waals surface area contributed by atoms with Crippen molar-refractivity contribution in [2.45, 2.75) is 76.3 Å². The van der Waals surface area contributed by atoms with Gasteiger partial charge in [0.2, 0.25) is 0 Å². The van der Waals surface area contributed by atoms with Gasteiger partial charge in [0, 0.05) is 22.1 Å². The maximum atomic E-state index is 12.5. The molecule has 1 fully saturated rings. The predicted octanol–water partition coefficient (Wildman–Crippen LogP) is 3.08. The Labute approximate surface area is 109 Å². The molecule has 0 amide bonds. The van der Waals surface area contributed by atoms with Crippen LogP contribution in [0.2, 0.25) is 0 Å². The lowest BCUT2D eigenvalue weighted by Gasteiger charge is -2.35. The van der Waals surface area contributed by atoms with Crippen LogP contribution in [0.25, 0.3) is 0 Å². The average Bonchev–Trinajstić information content (AvgIpc) is 2.30. The molecule has 5 unspecified atom stereocenters. The van der Waals surface area contributed by atoms with Gasteiger partial charge in [0.05, 0.1) is 5.25 Å². The molecule has 1 rings (SSSR count). The van der Waals surface area contributed by atoms with Crippen molar-refractivity contribution in [1.82, 2.24) is 0 Å². The van der Waals surface area contributed by atoms with Gasteiger partial charge in [0.1, 0.15) is 0 Å². The fourth-order valence-electron chi connectivity index (χ4n) is 2.72. The Morgan fingerprint density at radius 2 is 1.94 bits per heavy atom. The van der Waals surface area contributed by atoms with Gasteiger partial charge >= 0.3 is 0 Å². The summed E-state index contributed by atoms with van der Waals surface area (Å²) in [5.41, 5.74) is 6.18. The molecule has 1 saturated carbocycles.